The van der Waals surface area contributed by atoms with E-state index in [1.165, 1.54) is 3.58 Å². The maximum atomic E-state index is 12.7. The number of nitrogens with zero attached hydrogens (tertiary/aromatic N) is 1. The number of morpholine rings is 1. The summed E-state index contributed by atoms with van der Waals surface area (Å²) < 4.78 is 19.8. The van der Waals surface area contributed by atoms with Gasteiger partial charge in [-0.1, -0.05) is 0 Å². The standard InChI is InChI=1S/C22H26NO4.3CH3.Sn/c1-22(2,3)27-21(24)23-14-15-25-19(16-23)20(17-10-6-4-7-11-17)26-18-12-8-5-9-13-18;;;;/h4-12,19-20H,14-16H2,1-3H3;3*1H3;/t19-,20-;;;;/m0..../s1. The molecule has 1 aliphatic rings. The Kier molecular flexibility index (Phi) is 7.58. The van der Waals surface area contributed by atoms with E-state index in [9.17, 15) is 4.79 Å². The second-order valence-electron chi connectivity index (χ2n) is 10.0. The Labute approximate surface area is 190 Å². The van der Waals surface area contributed by atoms with Crippen molar-refractivity contribution in [3.8, 4) is 5.75 Å². The van der Waals surface area contributed by atoms with Crippen molar-refractivity contribution in [2.45, 2.75) is 53.4 Å². The van der Waals surface area contributed by atoms with Crippen molar-refractivity contribution in [2.24, 2.45) is 0 Å². The number of hydrogen-bond donors (Lipinski definition) is 0. The van der Waals surface area contributed by atoms with E-state index in [-0.39, 0.29) is 18.3 Å². The predicted octanol–water partition coefficient (Wildman–Crippen LogP) is 4.99. The van der Waals surface area contributed by atoms with Crippen LogP contribution in [0.15, 0.2) is 54.6 Å². The maximum absolute atomic E-state index is 12.7. The van der Waals surface area contributed by atoms with Crippen LogP contribution < -0.4 is 8.32 Å². The van der Waals surface area contributed by atoms with Crippen LogP contribution in [0.4, 0.5) is 4.79 Å². The Bertz CT molecular complexity index is 873. The van der Waals surface area contributed by atoms with Gasteiger partial charge in [0.1, 0.15) is 0 Å². The number of carbonyl (C=O) groups is 1. The van der Waals surface area contributed by atoms with Gasteiger partial charge < -0.3 is 0 Å². The molecule has 5 nitrogen and oxygen atoms in total. The molecule has 1 aliphatic heterocycles. The Morgan fingerprint density at radius 2 is 1.71 bits per heavy atom. The summed E-state index contributed by atoms with van der Waals surface area (Å²) in [7, 11) is 0. The molecule has 6 heteroatoms. The molecule has 168 valence electrons. The molecule has 1 saturated heterocycles. The van der Waals surface area contributed by atoms with Crippen LogP contribution >= 0.6 is 0 Å². The van der Waals surface area contributed by atoms with Crippen LogP contribution in [-0.2, 0) is 9.47 Å². The molecule has 2 aromatic rings. The minimum atomic E-state index is -2.39. The number of ether oxygens (including phenoxy) is 3. The van der Waals surface area contributed by atoms with E-state index in [4.69, 9.17) is 14.2 Å². The van der Waals surface area contributed by atoms with Gasteiger partial charge in [0.25, 0.3) is 0 Å². The van der Waals surface area contributed by atoms with Gasteiger partial charge in [0, 0.05) is 0 Å². The fraction of sp³-hybridized carbons (Fsp3) is 0.480. The van der Waals surface area contributed by atoms with E-state index < -0.39 is 24.0 Å². The van der Waals surface area contributed by atoms with Crippen molar-refractivity contribution in [1.29, 1.82) is 0 Å². The molecule has 0 spiro atoms. The molecule has 31 heavy (non-hydrogen) atoms. The first-order valence-corrected chi connectivity index (χ1v) is 20.9. The number of amides is 1. The van der Waals surface area contributed by atoms with Crippen LogP contribution in [0.25, 0.3) is 0 Å². The first kappa shape index (κ1) is 23.9. The third-order valence-electron chi connectivity index (χ3n) is 5.16. The van der Waals surface area contributed by atoms with E-state index >= 15 is 0 Å². The van der Waals surface area contributed by atoms with Crippen LogP contribution in [0, 0.1) is 0 Å². The zero-order valence-electron chi connectivity index (χ0n) is 19.6. The van der Waals surface area contributed by atoms with Crippen molar-refractivity contribution in [3.63, 3.8) is 0 Å². The number of hydrogen-bond acceptors (Lipinski definition) is 4. The Morgan fingerprint density at radius 3 is 2.35 bits per heavy atom. The Morgan fingerprint density at radius 1 is 1.06 bits per heavy atom. The normalized spacial score (nSPS) is 18.4. The van der Waals surface area contributed by atoms with Crippen LogP contribution in [0.3, 0.4) is 0 Å². The monoisotopic (exact) mass is 533 g/mol. The van der Waals surface area contributed by atoms with Crippen LogP contribution in [0.1, 0.15) is 32.4 Å². The predicted molar refractivity (Wildman–Crippen MR) is 127 cm³/mol. The topological polar surface area (TPSA) is 48.0 Å². The molecular formula is C25H35NO4Sn. The molecular weight excluding hydrogens is 497 g/mol. The van der Waals surface area contributed by atoms with E-state index in [1.54, 1.807) is 4.90 Å². The molecule has 1 fully saturated rings. The molecule has 0 saturated carbocycles. The van der Waals surface area contributed by atoms with Crippen molar-refractivity contribution < 1.29 is 19.0 Å². The summed E-state index contributed by atoms with van der Waals surface area (Å²) in [5, 5.41) is 0. The molecule has 0 aliphatic carbocycles. The van der Waals surface area contributed by atoms with Gasteiger partial charge in [-0.2, -0.15) is 0 Å². The number of benzene rings is 2. The zero-order chi connectivity index (χ0) is 22.6. The van der Waals surface area contributed by atoms with Gasteiger partial charge >= 0.3 is 191 Å². The van der Waals surface area contributed by atoms with E-state index in [1.807, 2.05) is 45.0 Å². The van der Waals surface area contributed by atoms with Crippen LogP contribution in [0.2, 0.25) is 14.8 Å². The third-order valence-corrected chi connectivity index (χ3v) is 11.0. The summed E-state index contributed by atoms with van der Waals surface area (Å²) in [6.45, 7) is 7.05. The number of carbonyl (C=O) groups excluding carboxylic acids is 1. The summed E-state index contributed by atoms with van der Waals surface area (Å²) >= 11 is -2.39. The van der Waals surface area contributed by atoms with Crippen molar-refractivity contribution in [2.75, 3.05) is 19.7 Å². The van der Waals surface area contributed by atoms with Crippen molar-refractivity contribution >= 4 is 28.0 Å². The molecule has 0 radical (unpaired) electrons. The second-order valence-corrected chi connectivity index (χ2v) is 24.4. The summed E-state index contributed by atoms with van der Waals surface area (Å²) in [4.78, 5) is 21.6. The summed E-state index contributed by atoms with van der Waals surface area (Å²) in [6, 6.07) is 18.5. The van der Waals surface area contributed by atoms with Gasteiger partial charge in [-0.05, 0) is 0 Å². The average molecular weight is 532 g/mol. The molecule has 0 N–H and O–H groups in total. The quantitative estimate of drug-likeness (QED) is 0.510. The van der Waals surface area contributed by atoms with Gasteiger partial charge in [-0.3, -0.25) is 0 Å². The SMILES string of the molecule is CC(C)(C)OC(=O)N1CCO[C@H]([C@@H](Oc2cccc[c]2[Sn]([CH3])([CH3])[CH3])c2ccccc2)C1. The number of para-hydroxylation sites is 1. The van der Waals surface area contributed by atoms with Gasteiger partial charge in [0.15, 0.2) is 0 Å². The zero-order valence-corrected chi connectivity index (χ0v) is 22.4. The molecule has 3 rings (SSSR count). The fourth-order valence-electron chi connectivity index (χ4n) is 3.68. The first-order chi connectivity index (χ1) is 14.5. The molecule has 2 atom stereocenters. The molecule has 0 aromatic heterocycles. The molecule has 0 bridgehead atoms. The molecule has 0 unspecified atom stereocenters. The van der Waals surface area contributed by atoms with Gasteiger partial charge in [-0.15, -0.1) is 0 Å². The third kappa shape index (κ3) is 6.62. The van der Waals surface area contributed by atoms with E-state index in [0.717, 1.165) is 11.3 Å². The first-order valence-electron chi connectivity index (χ1n) is 11.0. The van der Waals surface area contributed by atoms with Gasteiger partial charge in [0.2, 0.25) is 0 Å². The fourth-order valence-corrected chi connectivity index (χ4v) is 7.90. The molecule has 1 heterocycles. The minimum absolute atomic E-state index is 0.285. The Balaban J connectivity index is 1.88. The van der Waals surface area contributed by atoms with E-state index in [0.29, 0.717) is 19.7 Å². The molecule has 2 aromatic carbocycles. The number of rotatable bonds is 5. The van der Waals surface area contributed by atoms with Crippen LogP contribution in [0.5, 0.6) is 5.75 Å². The summed E-state index contributed by atoms with van der Waals surface area (Å²) in [5.74, 6) is 0.928. The Hall–Kier alpha value is -1.73. The summed E-state index contributed by atoms with van der Waals surface area (Å²) in [5.41, 5.74) is 0.510. The molecule has 1 amide bonds. The van der Waals surface area contributed by atoms with Gasteiger partial charge in [0.05, 0.1) is 0 Å². The van der Waals surface area contributed by atoms with Crippen LogP contribution in [-0.4, -0.2) is 60.8 Å². The van der Waals surface area contributed by atoms with Crippen molar-refractivity contribution in [3.05, 3.63) is 60.2 Å². The van der Waals surface area contributed by atoms with E-state index in [2.05, 4.69) is 45.2 Å². The van der Waals surface area contributed by atoms with Crippen molar-refractivity contribution in [1.82, 2.24) is 4.90 Å². The average Bonchev–Trinajstić information content (AvgIpc) is 2.71. The second kappa shape index (κ2) is 9.82. The van der Waals surface area contributed by atoms with Gasteiger partial charge in [-0.25, -0.2) is 0 Å². The summed E-state index contributed by atoms with van der Waals surface area (Å²) in [6.07, 6.45) is -0.910.